The molecule has 0 aromatic carbocycles. The number of hydrogen-bond donors (Lipinski definition) is 1. The molecule has 0 aliphatic heterocycles. The summed E-state index contributed by atoms with van der Waals surface area (Å²) >= 11 is 0. The molecular formula is C11H20N2O4S. The summed E-state index contributed by atoms with van der Waals surface area (Å²) in [6, 6.07) is 0. The van der Waals surface area contributed by atoms with Crippen LogP contribution in [0.25, 0.3) is 0 Å². The highest BCUT2D eigenvalue weighted by Gasteiger charge is 2.27. The average molecular weight is 276 g/mol. The zero-order chi connectivity index (χ0) is 13.6. The number of rotatable bonds is 8. The van der Waals surface area contributed by atoms with Crippen LogP contribution >= 0.6 is 0 Å². The molecule has 1 N–H and O–H groups in total. The summed E-state index contributed by atoms with van der Waals surface area (Å²) in [6.45, 7) is 3.45. The normalized spacial score (nSPS) is 13.7. The highest BCUT2D eigenvalue weighted by molar-refractivity contribution is 7.91. The molecule has 0 aliphatic carbocycles. The van der Waals surface area contributed by atoms with Crippen molar-refractivity contribution in [3.05, 3.63) is 11.7 Å². The number of sulfone groups is 1. The van der Waals surface area contributed by atoms with E-state index >= 15 is 0 Å². The molecule has 1 unspecified atom stereocenters. The fourth-order valence-corrected chi connectivity index (χ4v) is 2.75. The van der Waals surface area contributed by atoms with Gasteiger partial charge in [-0.05, 0) is 19.8 Å². The summed E-state index contributed by atoms with van der Waals surface area (Å²) in [6.07, 6.45) is 2.89. The maximum absolute atomic E-state index is 11.9. The zero-order valence-corrected chi connectivity index (χ0v) is 11.6. The largest absolute Gasteiger partial charge is 0.396 e. The second-order valence-electron chi connectivity index (χ2n) is 4.24. The van der Waals surface area contributed by atoms with Crippen molar-refractivity contribution < 1.29 is 18.0 Å². The Balaban J connectivity index is 2.71. The van der Waals surface area contributed by atoms with Gasteiger partial charge in [-0.25, -0.2) is 8.42 Å². The van der Waals surface area contributed by atoms with E-state index in [1.54, 1.807) is 0 Å². The fourth-order valence-electron chi connectivity index (χ4n) is 1.47. The molecule has 1 aromatic rings. The number of aromatic nitrogens is 2. The van der Waals surface area contributed by atoms with Crippen molar-refractivity contribution in [2.45, 2.75) is 44.8 Å². The third-order valence-electron chi connectivity index (χ3n) is 2.71. The van der Waals surface area contributed by atoms with E-state index in [2.05, 4.69) is 17.1 Å². The van der Waals surface area contributed by atoms with Crippen molar-refractivity contribution in [2.24, 2.45) is 0 Å². The van der Waals surface area contributed by atoms with Gasteiger partial charge in [0.05, 0.1) is 5.75 Å². The minimum Gasteiger partial charge on any atom is -0.396 e. The summed E-state index contributed by atoms with van der Waals surface area (Å²) in [7, 11) is -3.34. The molecule has 6 nitrogen and oxygen atoms in total. The maximum atomic E-state index is 11.9. The molecule has 1 heterocycles. The van der Waals surface area contributed by atoms with Gasteiger partial charge in [-0.1, -0.05) is 18.5 Å². The molecule has 7 heteroatoms. The number of hydrogen-bond acceptors (Lipinski definition) is 6. The van der Waals surface area contributed by atoms with Gasteiger partial charge in [0.2, 0.25) is 5.89 Å². The average Bonchev–Trinajstić information content (AvgIpc) is 2.81. The molecule has 1 aromatic heterocycles. The second kappa shape index (κ2) is 6.84. The number of nitrogens with zero attached hydrogens (tertiary/aromatic N) is 2. The lowest BCUT2D eigenvalue weighted by molar-refractivity contribution is 0.295. The first-order chi connectivity index (χ1) is 8.51. The maximum Gasteiger partial charge on any atom is 0.244 e. The van der Waals surface area contributed by atoms with E-state index in [4.69, 9.17) is 9.63 Å². The number of aliphatic hydroxyl groups is 1. The third-order valence-corrected chi connectivity index (χ3v) is 4.85. The Kier molecular flexibility index (Phi) is 5.74. The summed E-state index contributed by atoms with van der Waals surface area (Å²) in [4.78, 5) is 4.10. The lowest BCUT2D eigenvalue weighted by Crippen LogP contribution is -2.15. The van der Waals surface area contributed by atoms with E-state index in [0.29, 0.717) is 12.2 Å². The molecule has 0 aliphatic rings. The second-order valence-corrected chi connectivity index (χ2v) is 6.68. The van der Waals surface area contributed by atoms with Crippen molar-refractivity contribution >= 4 is 9.84 Å². The Morgan fingerprint density at radius 3 is 2.72 bits per heavy atom. The summed E-state index contributed by atoms with van der Waals surface area (Å²) < 4.78 is 28.7. The summed E-state index contributed by atoms with van der Waals surface area (Å²) in [5, 5.41) is 11.6. The van der Waals surface area contributed by atoms with E-state index in [0.717, 1.165) is 12.8 Å². The monoisotopic (exact) mass is 276 g/mol. The molecule has 0 saturated heterocycles. The van der Waals surface area contributed by atoms with Crippen molar-refractivity contribution in [3.63, 3.8) is 0 Å². The first-order valence-corrected chi connectivity index (χ1v) is 7.87. The SMILES string of the molecule is CCCCc1noc(C(C)S(=O)(=O)CCCO)n1. The van der Waals surface area contributed by atoms with Crippen molar-refractivity contribution in [3.8, 4) is 0 Å². The Morgan fingerprint density at radius 2 is 2.11 bits per heavy atom. The standard InChI is InChI=1S/C11H20N2O4S/c1-3-4-6-10-12-11(17-13-10)9(2)18(15,16)8-5-7-14/h9,14H,3-8H2,1-2H3. The third kappa shape index (κ3) is 4.06. The molecule has 0 fully saturated rings. The van der Waals surface area contributed by atoms with Gasteiger partial charge in [0, 0.05) is 13.0 Å². The van der Waals surface area contributed by atoms with Crippen LogP contribution in [0.5, 0.6) is 0 Å². The minimum atomic E-state index is -3.34. The Morgan fingerprint density at radius 1 is 1.39 bits per heavy atom. The Labute approximate surface area is 107 Å². The van der Waals surface area contributed by atoms with Crippen LogP contribution in [0.1, 0.15) is 50.1 Å². The molecule has 1 atom stereocenters. The van der Waals surface area contributed by atoms with Crippen molar-refractivity contribution in [2.75, 3.05) is 12.4 Å². The topological polar surface area (TPSA) is 93.3 Å². The minimum absolute atomic E-state index is 0.0721. The number of aryl methyl sites for hydroxylation is 1. The van der Waals surface area contributed by atoms with E-state index in [1.807, 2.05) is 0 Å². The molecule has 104 valence electrons. The quantitative estimate of drug-likeness (QED) is 0.768. The zero-order valence-electron chi connectivity index (χ0n) is 10.8. The van der Waals surface area contributed by atoms with Crippen molar-refractivity contribution in [1.29, 1.82) is 0 Å². The van der Waals surface area contributed by atoms with Crippen LogP contribution in [0.3, 0.4) is 0 Å². The van der Waals surface area contributed by atoms with Crippen LogP contribution in [0.2, 0.25) is 0 Å². The van der Waals surface area contributed by atoms with Crippen LogP contribution in [0.4, 0.5) is 0 Å². The van der Waals surface area contributed by atoms with E-state index in [1.165, 1.54) is 6.92 Å². The molecule has 0 amide bonds. The molecular weight excluding hydrogens is 256 g/mol. The first kappa shape index (κ1) is 15.1. The summed E-state index contributed by atoms with van der Waals surface area (Å²) in [5.41, 5.74) is 0. The highest BCUT2D eigenvalue weighted by atomic mass is 32.2. The Hall–Kier alpha value is -0.950. The predicted octanol–water partition coefficient (Wildman–Crippen LogP) is 1.27. The van der Waals surface area contributed by atoms with Gasteiger partial charge in [0.25, 0.3) is 0 Å². The molecule has 18 heavy (non-hydrogen) atoms. The molecule has 0 radical (unpaired) electrons. The van der Waals surface area contributed by atoms with Gasteiger partial charge >= 0.3 is 0 Å². The van der Waals surface area contributed by atoms with Crippen LogP contribution in [-0.4, -0.2) is 36.0 Å². The first-order valence-electron chi connectivity index (χ1n) is 6.16. The molecule has 0 saturated carbocycles. The molecule has 0 bridgehead atoms. The van der Waals surface area contributed by atoms with E-state index in [9.17, 15) is 8.42 Å². The van der Waals surface area contributed by atoms with E-state index < -0.39 is 15.1 Å². The summed E-state index contributed by atoms with van der Waals surface area (Å²) in [5.74, 6) is 0.618. The van der Waals surface area contributed by atoms with Crippen LogP contribution in [0, 0.1) is 0 Å². The van der Waals surface area contributed by atoms with Gasteiger partial charge in [0.1, 0.15) is 5.25 Å². The van der Waals surface area contributed by atoms with Gasteiger partial charge in [-0.2, -0.15) is 4.98 Å². The van der Waals surface area contributed by atoms with Crippen LogP contribution in [0.15, 0.2) is 4.52 Å². The lowest BCUT2D eigenvalue weighted by atomic mass is 10.2. The molecule has 1 rings (SSSR count). The smallest absolute Gasteiger partial charge is 0.244 e. The van der Waals surface area contributed by atoms with Gasteiger partial charge in [-0.15, -0.1) is 0 Å². The van der Waals surface area contributed by atoms with E-state index in [-0.39, 0.29) is 24.7 Å². The fraction of sp³-hybridized carbons (Fsp3) is 0.818. The number of unbranched alkanes of at least 4 members (excludes halogenated alkanes) is 1. The Bertz CT molecular complexity index is 455. The predicted molar refractivity (Wildman–Crippen MR) is 66.8 cm³/mol. The van der Waals surface area contributed by atoms with Crippen molar-refractivity contribution in [1.82, 2.24) is 10.1 Å². The van der Waals surface area contributed by atoms with Gasteiger partial charge in [-0.3, -0.25) is 0 Å². The lowest BCUT2D eigenvalue weighted by Gasteiger charge is -2.07. The molecule has 0 spiro atoms. The van der Waals surface area contributed by atoms with Crippen LogP contribution in [-0.2, 0) is 16.3 Å². The number of aliphatic hydroxyl groups excluding tert-OH is 1. The highest BCUT2D eigenvalue weighted by Crippen LogP contribution is 2.21. The van der Waals surface area contributed by atoms with Gasteiger partial charge in [0.15, 0.2) is 15.7 Å². The van der Waals surface area contributed by atoms with Gasteiger partial charge < -0.3 is 9.63 Å². The van der Waals surface area contributed by atoms with Crippen LogP contribution < -0.4 is 0 Å².